The largest absolute Gasteiger partial charge is 0.441 e. The second kappa shape index (κ2) is 6.96. The number of aromatic nitrogens is 1. The molecular weight excluding hydrogens is 330 g/mol. The van der Waals surface area contributed by atoms with Crippen LogP contribution in [0.1, 0.15) is 40.6 Å². The quantitative estimate of drug-likeness (QED) is 0.811. The van der Waals surface area contributed by atoms with Crippen LogP contribution in [0.2, 0.25) is 0 Å². The third-order valence-corrected chi connectivity index (χ3v) is 5.36. The van der Waals surface area contributed by atoms with E-state index in [0.29, 0.717) is 28.8 Å². The van der Waals surface area contributed by atoms with Crippen molar-refractivity contribution in [1.82, 2.24) is 15.2 Å². The minimum Gasteiger partial charge on any atom is -0.441 e. The average Bonchev–Trinajstić information content (AvgIpc) is 3.12. The summed E-state index contributed by atoms with van der Waals surface area (Å²) in [4.78, 5) is 29.2. The van der Waals surface area contributed by atoms with Crippen LogP contribution in [0.25, 0.3) is 0 Å². The predicted molar refractivity (Wildman–Crippen MR) is 97.7 cm³/mol. The van der Waals surface area contributed by atoms with Crippen molar-refractivity contribution in [2.75, 3.05) is 19.6 Å². The van der Waals surface area contributed by atoms with Crippen molar-refractivity contribution in [3.8, 4) is 11.6 Å². The van der Waals surface area contributed by atoms with Gasteiger partial charge >= 0.3 is 0 Å². The molecule has 0 aliphatic carbocycles. The molecule has 136 valence electrons. The zero-order chi connectivity index (χ0) is 18.1. The first kappa shape index (κ1) is 16.8. The van der Waals surface area contributed by atoms with E-state index in [9.17, 15) is 9.59 Å². The van der Waals surface area contributed by atoms with Gasteiger partial charge in [-0.1, -0.05) is 0 Å². The number of carbonyl (C=O) groups excluding carboxylic acids is 2. The zero-order valence-corrected chi connectivity index (χ0v) is 14.8. The number of ether oxygens (including phenoxy) is 1. The number of nitrogens with zero attached hydrogens (tertiary/aromatic N) is 1. The minimum atomic E-state index is -0.0420. The van der Waals surface area contributed by atoms with E-state index < -0.39 is 0 Å². The number of fused-ring (bicyclic) bond motifs is 3. The summed E-state index contributed by atoms with van der Waals surface area (Å²) in [6.45, 7) is 4.78. The Balaban J connectivity index is 1.37. The maximum absolute atomic E-state index is 12.5. The summed E-state index contributed by atoms with van der Waals surface area (Å²) >= 11 is 0. The van der Waals surface area contributed by atoms with Gasteiger partial charge in [-0.2, -0.15) is 0 Å². The molecule has 1 atom stereocenters. The van der Waals surface area contributed by atoms with E-state index in [1.165, 1.54) is 19.8 Å². The molecule has 2 aromatic rings. The third-order valence-electron chi connectivity index (χ3n) is 5.36. The van der Waals surface area contributed by atoms with Gasteiger partial charge in [0.05, 0.1) is 5.69 Å². The van der Waals surface area contributed by atoms with Gasteiger partial charge in [0.2, 0.25) is 0 Å². The summed E-state index contributed by atoms with van der Waals surface area (Å²) in [5.41, 5.74) is 1.14. The van der Waals surface area contributed by atoms with E-state index >= 15 is 0 Å². The van der Waals surface area contributed by atoms with Gasteiger partial charge < -0.3 is 19.9 Å². The molecule has 0 radical (unpaired) electrons. The highest BCUT2D eigenvalue weighted by molar-refractivity contribution is 5.94. The van der Waals surface area contributed by atoms with Gasteiger partial charge in [0, 0.05) is 31.1 Å². The molecule has 3 fully saturated rings. The topological polar surface area (TPSA) is 74.4 Å². The Morgan fingerprint density at radius 3 is 2.42 bits per heavy atom. The Bertz CT molecular complexity index is 804. The maximum atomic E-state index is 12.5. The lowest BCUT2D eigenvalue weighted by atomic mass is 9.84. The van der Waals surface area contributed by atoms with E-state index in [2.05, 4.69) is 15.2 Å². The van der Waals surface area contributed by atoms with Gasteiger partial charge in [0.15, 0.2) is 11.7 Å². The number of nitrogens with one attached hydrogen (secondary N) is 2. The fourth-order valence-corrected chi connectivity index (χ4v) is 3.82. The lowest BCUT2D eigenvalue weighted by Crippen LogP contribution is -2.57. The molecule has 6 nitrogen and oxygen atoms in total. The Hall–Kier alpha value is -2.60. The highest BCUT2D eigenvalue weighted by Crippen LogP contribution is 2.28. The summed E-state index contributed by atoms with van der Waals surface area (Å²) in [6.07, 6.45) is 2.35. The molecule has 26 heavy (non-hydrogen) atoms. The fourth-order valence-electron chi connectivity index (χ4n) is 3.82. The average molecular weight is 353 g/mol. The maximum Gasteiger partial charge on any atom is 0.251 e. The molecule has 3 saturated heterocycles. The normalized spacial score (nSPS) is 24.3. The van der Waals surface area contributed by atoms with Crippen LogP contribution in [0.15, 0.2) is 36.4 Å². The number of H-pyrrole nitrogens is 1. The molecule has 6 heteroatoms. The number of amides is 1. The van der Waals surface area contributed by atoms with Crippen LogP contribution < -0.4 is 10.1 Å². The van der Waals surface area contributed by atoms with Crippen molar-refractivity contribution in [1.29, 1.82) is 0 Å². The van der Waals surface area contributed by atoms with Crippen LogP contribution >= 0.6 is 0 Å². The molecule has 3 aliphatic heterocycles. The Kier molecular flexibility index (Phi) is 4.51. The summed E-state index contributed by atoms with van der Waals surface area (Å²) in [5, 5.41) is 3.19. The van der Waals surface area contributed by atoms with Crippen molar-refractivity contribution in [3.63, 3.8) is 0 Å². The lowest BCUT2D eigenvalue weighted by molar-refractivity contribution is 0.0620. The van der Waals surface area contributed by atoms with Gasteiger partial charge in [-0.25, -0.2) is 0 Å². The number of ketones is 1. The molecule has 0 spiro atoms. The standard InChI is InChI=1S/C20H23N3O3/c1-13(24)17-6-7-19(21-17)26-16-4-2-15(3-5-16)20(25)22-18-12-23-10-8-14(18)9-11-23/h2-7,14,18,21H,8-12H2,1H3,(H,22,25). The Labute approximate surface area is 152 Å². The second-order valence-electron chi connectivity index (χ2n) is 7.14. The SMILES string of the molecule is CC(=O)c1ccc(Oc2ccc(C(=O)NC3CN4CCC3CC4)cc2)[nH]1. The monoisotopic (exact) mass is 353 g/mol. The molecule has 1 aromatic carbocycles. The van der Waals surface area contributed by atoms with Crippen LogP contribution in [0, 0.1) is 5.92 Å². The van der Waals surface area contributed by atoms with E-state index in [1.54, 1.807) is 36.4 Å². The first-order chi connectivity index (χ1) is 12.6. The molecule has 2 bridgehead atoms. The van der Waals surface area contributed by atoms with E-state index in [4.69, 9.17) is 4.74 Å². The third kappa shape index (κ3) is 3.51. The minimum absolute atomic E-state index is 0.0333. The summed E-state index contributed by atoms with van der Waals surface area (Å²) in [5.74, 6) is 1.64. The highest BCUT2D eigenvalue weighted by atomic mass is 16.5. The van der Waals surface area contributed by atoms with Crippen LogP contribution in [0.5, 0.6) is 11.6 Å². The predicted octanol–water partition coefficient (Wildman–Crippen LogP) is 2.83. The molecule has 0 saturated carbocycles. The molecule has 1 aromatic heterocycles. The van der Waals surface area contributed by atoms with Crippen molar-refractivity contribution in [3.05, 3.63) is 47.7 Å². The van der Waals surface area contributed by atoms with E-state index in [1.807, 2.05) is 0 Å². The highest BCUT2D eigenvalue weighted by Gasteiger charge is 2.34. The van der Waals surface area contributed by atoms with Crippen LogP contribution in [0.4, 0.5) is 0 Å². The summed E-state index contributed by atoms with van der Waals surface area (Å²) in [7, 11) is 0. The van der Waals surface area contributed by atoms with E-state index in [-0.39, 0.29) is 17.7 Å². The van der Waals surface area contributed by atoms with Crippen molar-refractivity contribution < 1.29 is 14.3 Å². The van der Waals surface area contributed by atoms with E-state index in [0.717, 1.165) is 19.6 Å². The Morgan fingerprint density at radius 1 is 1.12 bits per heavy atom. The van der Waals surface area contributed by atoms with Gasteiger partial charge in [0.25, 0.3) is 5.91 Å². The fraction of sp³-hybridized carbons (Fsp3) is 0.400. The number of rotatable bonds is 5. The van der Waals surface area contributed by atoms with Crippen LogP contribution in [0.3, 0.4) is 0 Å². The molecule has 5 rings (SSSR count). The van der Waals surface area contributed by atoms with Gasteiger partial charge in [0.1, 0.15) is 5.75 Å². The molecule has 3 aliphatic rings. The number of hydrogen-bond acceptors (Lipinski definition) is 4. The second-order valence-corrected chi connectivity index (χ2v) is 7.14. The molecule has 4 heterocycles. The smallest absolute Gasteiger partial charge is 0.251 e. The first-order valence-corrected chi connectivity index (χ1v) is 9.09. The van der Waals surface area contributed by atoms with Crippen molar-refractivity contribution in [2.45, 2.75) is 25.8 Å². The molecule has 1 amide bonds. The van der Waals surface area contributed by atoms with Crippen molar-refractivity contribution in [2.24, 2.45) is 5.92 Å². The van der Waals surface area contributed by atoms with Gasteiger partial charge in [-0.3, -0.25) is 9.59 Å². The number of hydrogen-bond donors (Lipinski definition) is 2. The summed E-state index contributed by atoms with van der Waals surface area (Å²) < 4.78 is 5.69. The molecule has 1 unspecified atom stereocenters. The van der Waals surface area contributed by atoms with Gasteiger partial charge in [-0.05, 0) is 62.2 Å². The number of aromatic amines is 1. The number of piperidine rings is 3. The van der Waals surface area contributed by atoms with Gasteiger partial charge in [-0.15, -0.1) is 0 Å². The molecule has 2 N–H and O–H groups in total. The first-order valence-electron chi connectivity index (χ1n) is 9.09. The Morgan fingerprint density at radius 2 is 1.85 bits per heavy atom. The zero-order valence-electron chi connectivity index (χ0n) is 14.8. The number of Topliss-reactive ketones (excluding diaryl/α,β-unsaturated/α-hetero) is 1. The number of benzene rings is 1. The van der Waals surface area contributed by atoms with Crippen molar-refractivity contribution >= 4 is 11.7 Å². The molecular formula is C20H23N3O3. The van der Waals surface area contributed by atoms with Crippen LogP contribution in [-0.2, 0) is 0 Å². The van der Waals surface area contributed by atoms with Crippen LogP contribution in [-0.4, -0.2) is 47.3 Å². The lowest BCUT2D eigenvalue weighted by Gasteiger charge is -2.44. The summed E-state index contributed by atoms with van der Waals surface area (Å²) in [6, 6.07) is 10.7. The number of carbonyl (C=O) groups is 2.